The number of carbonyl (C=O) groups is 2. The Hall–Kier alpha value is -2.45. The van der Waals surface area contributed by atoms with Crippen molar-refractivity contribution in [2.24, 2.45) is 0 Å². The maximum absolute atomic E-state index is 12.8. The Balaban J connectivity index is 1.86. The van der Waals surface area contributed by atoms with Crippen LogP contribution >= 0.6 is 15.9 Å². The van der Waals surface area contributed by atoms with Crippen molar-refractivity contribution >= 4 is 43.7 Å². The molecule has 1 saturated heterocycles. The summed E-state index contributed by atoms with van der Waals surface area (Å²) in [5.74, 6) is -1.03. The topological polar surface area (TPSA) is 92.3 Å². The lowest BCUT2D eigenvalue weighted by Crippen LogP contribution is -2.42. The summed E-state index contributed by atoms with van der Waals surface area (Å²) in [6.45, 7) is 0. The summed E-state index contributed by atoms with van der Waals surface area (Å²) in [6, 6.07) is 15.7. The molecular weight excluding hydrogens is 444 g/mol. The molecule has 2 aromatic carbocycles. The predicted molar refractivity (Wildman–Crippen MR) is 111 cm³/mol. The molecule has 146 valence electrons. The number of rotatable bonds is 5. The summed E-state index contributed by atoms with van der Waals surface area (Å²) in [7, 11) is -3.35. The highest BCUT2D eigenvalue weighted by Crippen LogP contribution is 2.18. The van der Waals surface area contributed by atoms with Gasteiger partial charge in [-0.2, -0.15) is 0 Å². The molecule has 0 aromatic heterocycles. The van der Waals surface area contributed by atoms with Crippen LogP contribution in [0.15, 0.2) is 64.8 Å². The molecule has 0 aliphatic carbocycles. The lowest BCUT2D eigenvalue weighted by atomic mass is 10.1. The van der Waals surface area contributed by atoms with Crippen LogP contribution in [0.4, 0.5) is 0 Å². The zero-order valence-electron chi connectivity index (χ0n) is 14.9. The third kappa shape index (κ3) is 5.08. The van der Waals surface area contributed by atoms with Crippen LogP contribution < -0.4 is 10.6 Å². The van der Waals surface area contributed by atoms with E-state index in [4.69, 9.17) is 0 Å². The maximum Gasteiger partial charge on any atom is 0.268 e. The van der Waals surface area contributed by atoms with E-state index in [-0.39, 0.29) is 11.4 Å². The Morgan fingerprint density at radius 3 is 2.32 bits per heavy atom. The number of nitrogens with one attached hydrogen (secondary N) is 2. The molecule has 1 heterocycles. The van der Waals surface area contributed by atoms with E-state index in [1.165, 1.54) is 6.08 Å². The number of amides is 2. The number of sulfone groups is 1. The molecule has 2 aromatic rings. The monoisotopic (exact) mass is 462 g/mol. The van der Waals surface area contributed by atoms with Crippen molar-refractivity contribution in [3.05, 3.63) is 75.9 Å². The lowest BCUT2D eigenvalue weighted by Gasteiger charge is -2.15. The predicted octanol–water partition coefficient (Wildman–Crippen LogP) is 2.87. The third-order valence-electron chi connectivity index (χ3n) is 4.33. The molecule has 1 aliphatic rings. The van der Waals surface area contributed by atoms with Gasteiger partial charge in [0.15, 0.2) is 9.84 Å². The van der Waals surface area contributed by atoms with E-state index < -0.39 is 27.0 Å². The van der Waals surface area contributed by atoms with Gasteiger partial charge >= 0.3 is 0 Å². The highest BCUT2D eigenvalue weighted by Gasteiger charge is 2.33. The summed E-state index contributed by atoms with van der Waals surface area (Å²) in [5.41, 5.74) is 1.07. The fourth-order valence-electron chi connectivity index (χ4n) is 2.85. The Bertz CT molecular complexity index is 1000. The third-order valence-corrected chi connectivity index (χ3v) is 6.94. The first kappa shape index (κ1) is 20.3. The van der Waals surface area contributed by atoms with Crippen LogP contribution in [0.1, 0.15) is 28.8 Å². The minimum atomic E-state index is -3.35. The van der Waals surface area contributed by atoms with Crippen molar-refractivity contribution in [2.75, 3.05) is 5.75 Å². The van der Waals surface area contributed by atoms with Gasteiger partial charge in [-0.3, -0.25) is 9.59 Å². The van der Waals surface area contributed by atoms with Crippen LogP contribution in [0.3, 0.4) is 0 Å². The van der Waals surface area contributed by atoms with Gasteiger partial charge < -0.3 is 10.6 Å². The van der Waals surface area contributed by atoms with Gasteiger partial charge in [0.2, 0.25) is 0 Å². The normalized spacial score (nSPS) is 18.5. The molecule has 2 amide bonds. The van der Waals surface area contributed by atoms with Gasteiger partial charge in [-0.1, -0.05) is 46.3 Å². The average Bonchev–Trinajstić information content (AvgIpc) is 3.01. The van der Waals surface area contributed by atoms with Gasteiger partial charge in [-0.15, -0.1) is 0 Å². The van der Waals surface area contributed by atoms with Crippen molar-refractivity contribution in [2.45, 2.75) is 18.2 Å². The Morgan fingerprint density at radius 1 is 1.04 bits per heavy atom. The molecule has 0 radical (unpaired) electrons. The van der Waals surface area contributed by atoms with Gasteiger partial charge in [0.05, 0.1) is 5.75 Å². The maximum atomic E-state index is 12.8. The van der Waals surface area contributed by atoms with E-state index in [2.05, 4.69) is 26.6 Å². The van der Waals surface area contributed by atoms with Crippen molar-refractivity contribution in [1.29, 1.82) is 0 Å². The fourth-order valence-corrected chi connectivity index (χ4v) is 4.78. The summed E-state index contributed by atoms with van der Waals surface area (Å²) < 4.78 is 24.9. The second-order valence-electron chi connectivity index (χ2n) is 6.40. The smallest absolute Gasteiger partial charge is 0.268 e. The number of hydrogen-bond acceptors (Lipinski definition) is 4. The molecule has 1 aliphatic heterocycles. The van der Waals surface area contributed by atoms with Gasteiger partial charge in [-0.05, 0) is 48.7 Å². The SMILES string of the molecule is O=C(NC1CCCS1(=O)=O)C(=Cc1ccc(Br)cc1)NC(=O)c1ccccc1. The quantitative estimate of drug-likeness (QED) is 0.668. The molecule has 1 unspecified atom stereocenters. The van der Waals surface area contributed by atoms with E-state index in [0.717, 1.165) is 4.47 Å². The first-order chi connectivity index (χ1) is 13.3. The molecule has 8 heteroatoms. The second kappa shape index (κ2) is 8.70. The van der Waals surface area contributed by atoms with Gasteiger partial charge in [0.1, 0.15) is 11.1 Å². The number of carbonyl (C=O) groups excluding carboxylic acids is 2. The van der Waals surface area contributed by atoms with E-state index in [0.29, 0.717) is 24.0 Å². The molecule has 2 N–H and O–H groups in total. The zero-order valence-corrected chi connectivity index (χ0v) is 17.3. The standard InChI is InChI=1S/C20H19BrN2O4S/c21-16-10-8-14(9-11-16)13-17(22-19(24)15-5-2-1-3-6-15)20(25)23-18-7-4-12-28(18,26)27/h1-3,5-6,8-11,13,18H,4,7,12H2,(H,22,24)(H,23,25). The number of benzene rings is 2. The molecule has 0 saturated carbocycles. The van der Waals surface area contributed by atoms with Gasteiger partial charge in [0, 0.05) is 10.0 Å². The first-order valence-corrected chi connectivity index (χ1v) is 11.2. The van der Waals surface area contributed by atoms with Crippen LogP contribution in [-0.4, -0.2) is 31.4 Å². The zero-order chi connectivity index (χ0) is 20.1. The van der Waals surface area contributed by atoms with Crippen molar-refractivity contribution in [3.63, 3.8) is 0 Å². The number of halogens is 1. The van der Waals surface area contributed by atoms with Crippen LogP contribution in [-0.2, 0) is 14.6 Å². The van der Waals surface area contributed by atoms with Crippen molar-refractivity contribution < 1.29 is 18.0 Å². The largest absolute Gasteiger partial charge is 0.334 e. The lowest BCUT2D eigenvalue weighted by molar-refractivity contribution is -0.117. The summed E-state index contributed by atoms with van der Waals surface area (Å²) in [5, 5.41) is 4.21. The fraction of sp³-hybridized carbons (Fsp3) is 0.200. The van der Waals surface area contributed by atoms with Crippen LogP contribution in [0.2, 0.25) is 0 Å². The Morgan fingerprint density at radius 2 is 1.71 bits per heavy atom. The molecule has 1 fully saturated rings. The van der Waals surface area contributed by atoms with E-state index in [1.54, 1.807) is 42.5 Å². The van der Waals surface area contributed by atoms with Crippen LogP contribution in [0.5, 0.6) is 0 Å². The molecule has 0 spiro atoms. The van der Waals surface area contributed by atoms with Gasteiger partial charge in [-0.25, -0.2) is 8.42 Å². The highest BCUT2D eigenvalue weighted by molar-refractivity contribution is 9.10. The average molecular weight is 463 g/mol. The van der Waals surface area contributed by atoms with Crippen molar-refractivity contribution in [1.82, 2.24) is 10.6 Å². The van der Waals surface area contributed by atoms with Crippen LogP contribution in [0.25, 0.3) is 6.08 Å². The van der Waals surface area contributed by atoms with E-state index in [1.807, 2.05) is 12.1 Å². The summed E-state index contributed by atoms with van der Waals surface area (Å²) in [4.78, 5) is 25.3. The van der Waals surface area contributed by atoms with Crippen LogP contribution in [0, 0.1) is 0 Å². The molecule has 6 nitrogen and oxygen atoms in total. The molecule has 0 bridgehead atoms. The number of hydrogen-bond donors (Lipinski definition) is 2. The summed E-state index contributed by atoms with van der Waals surface area (Å²) in [6.07, 6.45) is 2.39. The second-order valence-corrected chi connectivity index (χ2v) is 9.62. The Labute approximate surface area is 172 Å². The minimum absolute atomic E-state index is 0.0155. The molecular formula is C20H19BrN2O4S. The van der Waals surface area contributed by atoms with E-state index >= 15 is 0 Å². The van der Waals surface area contributed by atoms with Crippen molar-refractivity contribution in [3.8, 4) is 0 Å². The van der Waals surface area contributed by atoms with E-state index in [9.17, 15) is 18.0 Å². The molecule has 1 atom stereocenters. The highest BCUT2D eigenvalue weighted by atomic mass is 79.9. The Kier molecular flexibility index (Phi) is 6.31. The van der Waals surface area contributed by atoms with Gasteiger partial charge in [0.25, 0.3) is 11.8 Å². The molecule has 28 heavy (non-hydrogen) atoms. The first-order valence-electron chi connectivity index (χ1n) is 8.71. The minimum Gasteiger partial charge on any atom is -0.334 e. The molecule has 3 rings (SSSR count). The summed E-state index contributed by atoms with van der Waals surface area (Å²) >= 11 is 3.35.